The van der Waals surface area contributed by atoms with Gasteiger partial charge in [-0.2, -0.15) is 0 Å². The Balaban J connectivity index is 2.22. The van der Waals surface area contributed by atoms with Gasteiger partial charge in [-0.15, -0.1) is 0 Å². The van der Waals surface area contributed by atoms with Crippen LogP contribution in [0.25, 0.3) is 10.9 Å². The standard InChI is InChI=1S/C18H18ClN3/c1-10-8-11(2)18-16(17(10)20)15(9-12(3)21-18)22-14-6-4-13(19)5-7-14/h4-9H,20H2,1-3H3,(H,21,22). The molecular weight excluding hydrogens is 294 g/mol. The van der Waals surface area contributed by atoms with Gasteiger partial charge in [0.15, 0.2) is 0 Å². The number of nitrogen functional groups attached to an aromatic ring is 1. The van der Waals surface area contributed by atoms with Gasteiger partial charge in [-0.05, 0) is 62.2 Å². The van der Waals surface area contributed by atoms with Crippen LogP contribution in [0.15, 0.2) is 36.4 Å². The number of pyridine rings is 1. The second-order valence-corrected chi connectivity index (χ2v) is 6.03. The first-order valence-corrected chi connectivity index (χ1v) is 7.53. The molecule has 0 bridgehead atoms. The van der Waals surface area contributed by atoms with E-state index in [1.807, 2.05) is 44.2 Å². The van der Waals surface area contributed by atoms with Crippen LogP contribution in [0.1, 0.15) is 16.8 Å². The average molecular weight is 312 g/mol. The highest BCUT2D eigenvalue weighted by Gasteiger charge is 2.12. The van der Waals surface area contributed by atoms with E-state index in [-0.39, 0.29) is 0 Å². The van der Waals surface area contributed by atoms with Crippen molar-refractivity contribution >= 4 is 39.6 Å². The Hall–Kier alpha value is -2.26. The number of aryl methyl sites for hydroxylation is 3. The number of halogens is 1. The zero-order valence-corrected chi connectivity index (χ0v) is 13.6. The summed E-state index contributed by atoms with van der Waals surface area (Å²) in [5, 5.41) is 5.12. The van der Waals surface area contributed by atoms with Crippen molar-refractivity contribution in [2.75, 3.05) is 11.1 Å². The van der Waals surface area contributed by atoms with Gasteiger partial charge in [0.25, 0.3) is 0 Å². The minimum absolute atomic E-state index is 0.715. The minimum Gasteiger partial charge on any atom is -0.398 e. The van der Waals surface area contributed by atoms with Gasteiger partial charge in [-0.3, -0.25) is 4.98 Å². The van der Waals surface area contributed by atoms with E-state index >= 15 is 0 Å². The summed E-state index contributed by atoms with van der Waals surface area (Å²) in [4.78, 5) is 4.65. The summed E-state index contributed by atoms with van der Waals surface area (Å²) < 4.78 is 0. The normalized spacial score (nSPS) is 10.9. The molecule has 3 nitrogen and oxygen atoms in total. The van der Waals surface area contributed by atoms with E-state index in [1.54, 1.807) is 0 Å². The van der Waals surface area contributed by atoms with Crippen LogP contribution in [-0.4, -0.2) is 4.98 Å². The van der Waals surface area contributed by atoms with Crippen LogP contribution in [0.4, 0.5) is 17.1 Å². The highest BCUT2D eigenvalue weighted by molar-refractivity contribution is 6.30. The van der Waals surface area contributed by atoms with Gasteiger partial charge < -0.3 is 11.1 Å². The molecule has 3 N–H and O–H groups in total. The molecule has 4 heteroatoms. The van der Waals surface area contributed by atoms with Gasteiger partial charge in [0.1, 0.15) is 0 Å². The summed E-state index contributed by atoms with van der Waals surface area (Å²) in [5.41, 5.74) is 13.1. The van der Waals surface area contributed by atoms with E-state index < -0.39 is 0 Å². The number of nitrogens with two attached hydrogens (primary N) is 1. The lowest BCUT2D eigenvalue weighted by Gasteiger charge is -2.15. The molecule has 0 aliphatic rings. The first kappa shape index (κ1) is 14.7. The van der Waals surface area contributed by atoms with Crippen molar-refractivity contribution in [2.24, 2.45) is 0 Å². The number of anilines is 3. The summed E-state index contributed by atoms with van der Waals surface area (Å²) >= 11 is 5.94. The Bertz CT molecular complexity index is 855. The number of nitrogens with zero attached hydrogens (tertiary/aromatic N) is 1. The van der Waals surface area contributed by atoms with Crippen LogP contribution >= 0.6 is 11.6 Å². The van der Waals surface area contributed by atoms with Gasteiger partial charge in [0, 0.05) is 27.5 Å². The number of fused-ring (bicyclic) bond motifs is 1. The predicted molar refractivity (Wildman–Crippen MR) is 95.1 cm³/mol. The average Bonchev–Trinajstić information content (AvgIpc) is 2.47. The fraction of sp³-hybridized carbons (Fsp3) is 0.167. The lowest BCUT2D eigenvalue weighted by Crippen LogP contribution is -2.01. The molecule has 0 atom stereocenters. The van der Waals surface area contributed by atoms with E-state index in [1.165, 1.54) is 0 Å². The second kappa shape index (κ2) is 5.50. The molecule has 1 aromatic heterocycles. The van der Waals surface area contributed by atoms with Crippen molar-refractivity contribution < 1.29 is 0 Å². The molecule has 0 radical (unpaired) electrons. The number of nitrogens with one attached hydrogen (secondary N) is 1. The maximum absolute atomic E-state index is 6.31. The summed E-state index contributed by atoms with van der Waals surface area (Å²) in [6.07, 6.45) is 0. The third-order valence-corrected chi connectivity index (χ3v) is 4.02. The molecule has 0 aliphatic carbocycles. The number of hydrogen-bond acceptors (Lipinski definition) is 3. The smallest absolute Gasteiger partial charge is 0.0776 e. The topological polar surface area (TPSA) is 50.9 Å². The van der Waals surface area contributed by atoms with E-state index in [0.717, 1.165) is 44.8 Å². The van der Waals surface area contributed by atoms with Gasteiger partial charge in [-0.25, -0.2) is 0 Å². The molecule has 0 aliphatic heterocycles. The highest BCUT2D eigenvalue weighted by Crippen LogP contribution is 2.34. The molecule has 112 valence electrons. The molecule has 0 saturated heterocycles. The van der Waals surface area contributed by atoms with E-state index in [9.17, 15) is 0 Å². The highest BCUT2D eigenvalue weighted by atomic mass is 35.5. The first-order chi connectivity index (χ1) is 10.5. The maximum Gasteiger partial charge on any atom is 0.0776 e. The lowest BCUT2D eigenvalue weighted by atomic mass is 10.0. The zero-order valence-electron chi connectivity index (χ0n) is 12.9. The number of hydrogen-bond donors (Lipinski definition) is 2. The zero-order chi connectivity index (χ0) is 15.9. The van der Waals surface area contributed by atoms with Crippen molar-refractivity contribution in [2.45, 2.75) is 20.8 Å². The molecule has 3 rings (SSSR count). The Morgan fingerprint density at radius 2 is 1.68 bits per heavy atom. The van der Waals surface area contributed by atoms with Crippen LogP contribution < -0.4 is 11.1 Å². The molecule has 2 aromatic carbocycles. The second-order valence-electron chi connectivity index (χ2n) is 5.59. The van der Waals surface area contributed by atoms with Crippen LogP contribution in [-0.2, 0) is 0 Å². The molecule has 0 spiro atoms. The minimum atomic E-state index is 0.715. The molecule has 0 unspecified atom stereocenters. The van der Waals surface area contributed by atoms with Crippen molar-refractivity contribution in [1.29, 1.82) is 0 Å². The number of benzene rings is 2. The van der Waals surface area contributed by atoms with Gasteiger partial charge >= 0.3 is 0 Å². The van der Waals surface area contributed by atoms with Gasteiger partial charge in [0.2, 0.25) is 0 Å². The van der Waals surface area contributed by atoms with Crippen molar-refractivity contribution in [1.82, 2.24) is 4.98 Å². The van der Waals surface area contributed by atoms with E-state index in [4.69, 9.17) is 17.3 Å². The van der Waals surface area contributed by atoms with Gasteiger partial charge in [-0.1, -0.05) is 17.7 Å². The van der Waals surface area contributed by atoms with E-state index in [0.29, 0.717) is 5.02 Å². The van der Waals surface area contributed by atoms with Crippen molar-refractivity contribution in [3.63, 3.8) is 0 Å². The summed E-state index contributed by atoms with van der Waals surface area (Å²) in [5.74, 6) is 0. The van der Waals surface area contributed by atoms with Crippen LogP contribution in [0.2, 0.25) is 5.02 Å². The molecule has 1 heterocycles. The Kier molecular flexibility index (Phi) is 3.67. The SMILES string of the molecule is Cc1cc(Nc2ccc(Cl)cc2)c2c(N)c(C)cc(C)c2n1. The summed E-state index contributed by atoms with van der Waals surface area (Å²) in [6, 6.07) is 11.7. The maximum atomic E-state index is 6.31. The lowest BCUT2D eigenvalue weighted by molar-refractivity contribution is 1.23. The van der Waals surface area contributed by atoms with Crippen LogP contribution in [0.3, 0.4) is 0 Å². The quantitative estimate of drug-likeness (QED) is 0.644. The first-order valence-electron chi connectivity index (χ1n) is 7.15. The van der Waals surface area contributed by atoms with Gasteiger partial charge in [0.05, 0.1) is 11.2 Å². The fourth-order valence-electron chi connectivity index (χ4n) is 2.69. The third-order valence-electron chi connectivity index (χ3n) is 3.77. The Morgan fingerprint density at radius 3 is 2.36 bits per heavy atom. The molecule has 0 fully saturated rings. The fourth-order valence-corrected chi connectivity index (χ4v) is 2.81. The Morgan fingerprint density at radius 1 is 1.00 bits per heavy atom. The molecule has 0 saturated carbocycles. The largest absolute Gasteiger partial charge is 0.398 e. The Labute approximate surface area is 135 Å². The summed E-state index contributed by atoms with van der Waals surface area (Å²) in [6.45, 7) is 6.07. The van der Waals surface area contributed by atoms with Crippen LogP contribution in [0.5, 0.6) is 0 Å². The monoisotopic (exact) mass is 311 g/mol. The number of rotatable bonds is 2. The van der Waals surface area contributed by atoms with Crippen molar-refractivity contribution in [3.8, 4) is 0 Å². The molecule has 0 amide bonds. The summed E-state index contributed by atoms with van der Waals surface area (Å²) in [7, 11) is 0. The van der Waals surface area contributed by atoms with Crippen LogP contribution in [0, 0.1) is 20.8 Å². The molecule has 22 heavy (non-hydrogen) atoms. The predicted octanol–water partition coefficient (Wildman–Crippen LogP) is 5.14. The van der Waals surface area contributed by atoms with E-state index in [2.05, 4.69) is 23.3 Å². The van der Waals surface area contributed by atoms with Crippen molar-refractivity contribution in [3.05, 3.63) is 58.2 Å². The molecule has 3 aromatic rings. The third kappa shape index (κ3) is 2.60. The molecular formula is C18H18ClN3. The number of aromatic nitrogens is 1.